The number of anilines is 2. The number of rotatable bonds is 8. The van der Waals surface area contributed by atoms with Crippen molar-refractivity contribution in [3.8, 4) is 5.75 Å². The van der Waals surface area contributed by atoms with Crippen LogP contribution in [0.5, 0.6) is 5.75 Å². The summed E-state index contributed by atoms with van der Waals surface area (Å²) in [5.41, 5.74) is 2.64. The number of fused-ring (bicyclic) bond motifs is 1. The molecule has 1 unspecified atom stereocenters. The van der Waals surface area contributed by atoms with Crippen molar-refractivity contribution in [2.24, 2.45) is 0 Å². The smallest absolute Gasteiger partial charge is 0.406 e. The third kappa shape index (κ3) is 6.63. The van der Waals surface area contributed by atoms with Crippen molar-refractivity contribution in [3.63, 3.8) is 0 Å². The van der Waals surface area contributed by atoms with Crippen LogP contribution in [0.3, 0.4) is 0 Å². The summed E-state index contributed by atoms with van der Waals surface area (Å²) in [6.45, 7) is 10.3. The molecule has 1 aromatic rings. The van der Waals surface area contributed by atoms with Crippen molar-refractivity contribution in [1.29, 1.82) is 0 Å². The number of Topliss-reactive ketones (excluding diaryl/α,β-unsaturated/α-hetero) is 1. The summed E-state index contributed by atoms with van der Waals surface area (Å²) < 4.78 is 48.9. The maximum absolute atomic E-state index is 13.1. The molecule has 182 valence electrons. The molecule has 0 spiro atoms. The lowest BCUT2D eigenvalue weighted by Gasteiger charge is -2.29. The van der Waals surface area contributed by atoms with E-state index in [2.05, 4.69) is 40.3 Å². The van der Waals surface area contributed by atoms with Gasteiger partial charge in [-0.25, -0.2) is 0 Å². The van der Waals surface area contributed by atoms with Crippen LogP contribution in [-0.2, 0) is 9.53 Å². The first-order valence-corrected chi connectivity index (χ1v) is 15.6. The molecule has 1 aliphatic heterocycles. The zero-order valence-electron chi connectivity index (χ0n) is 19.3. The number of hydrogen-bond acceptors (Lipinski definition) is 5. The third-order valence-corrected chi connectivity index (χ3v) is 7.85. The Morgan fingerprint density at radius 1 is 1.21 bits per heavy atom. The van der Waals surface area contributed by atoms with Crippen molar-refractivity contribution in [2.45, 2.75) is 50.2 Å². The number of ether oxygens (including phenoxy) is 2. The minimum absolute atomic E-state index is 0.0553. The molecule has 0 amide bonds. The number of benzene rings is 1. The van der Waals surface area contributed by atoms with Gasteiger partial charge in [-0.3, -0.25) is 4.79 Å². The number of alkyl halides is 4. The highest BCUT2D eigenvalue weighted by molar-refractivity contribution is 9.10. The predicted molar refractivity (Wildman–Crippen MR) is 131 cm³/mol. The second-order valence-corrected chi connectivity index (χ2v) is 16.0. The molecule has 1 heterocycles. The SMILES string of the molecule is CCCN1C2=C(CN(COCC[Si](C)(C)C)c3cc(OC(F)(F)F)ccc31)C(=O)C(Br)C=C2. The summed E-state index contributed by atoms with van der Waals surface area (Å²) >= 11 is 3.41. The van der Waals surface area contributed by atoms with Crippen LogP contribution in [0.2, 0.25) is 25.7 Å². The summed E-state index contributed by atoms with van der Waals surface area (Å²) in [5, 5.41) is 0. The second kappa shape index (κ2) is 10.2. The predicted octanol–water partition coefficient (Wildman–Crippen LogP) is 6.09. The lowest BCUT2D eigenvalue weighted by atomic mass is 9.99. The van der Waals surface area contributed by atoms with E-state index in [0.29, 0.717) is 24.4 Å². The first kappa shape index (κ1) is 25.8. The Morgan fingerprint density at radius 2 is 1.94 bits per heavy atom. The van der Waals surface area contributed by atoms with Gasteiger partial charge in [0.05, 0.1) is 22.7 Å². The average Bonchev–Trinajstić information content (AvgIpc) is 2.82. The van der Waals surface area contributed by atoms with Crippen LogP contribution in [0.4, 0.5) is 24.5 Å². The Balaban J connectivity index is 2.02. The zero-order valence-corrected chi connectivity index (χ0v) is 21.9. The molecular formula is C23H30BrF3N2O3Si. The van der Waals surface area contributed by atoms with Crippen molar-refractivity contribution in [3.05, 3.63) is 41.6 Å². The summed E-state index contributed by atoms with van der Waals surface area (Å²) in [7, 11) is -1.31. The van der Waals surface area contributed by atoms with Gasteiger partial charge in [-0.05, 0) is 30.7 Å². The summed E-state index contributed by atoms with van der Waals surface area (Å²) in [6.07, 6.45) is -0.292. The van der Waals surface area contributed by atoms with E-state index in [1.165, 1.54) is 12.1 Å². The minimum Gasteiger partial charge on any atom is -0.406 e. The molecule has 0 radical (unpaired) electrons. The van der Waals surface area contributed by atoms with Gasteiger partial charge in [0.15, 0.2) is 5.78 Å². The molecule has 0 saturated carbocycles. The van der Waals surface area contributed by atoms with E-state index in [9.17, 15) is 18.0 Å². The third-order valence-electron chi connectivity index (χ3n) is 5.42. The molecule has 0 bridgehead atoms. The Morgan fingerprint density at radius 3 is 2.58 bits per heavy atom. The molecular weight excluding hydrogens is 517 g/mol. The molecule has 0 saturated heterocycles. The maximum Gasteiger partial charge on any atom is 0.573 e. The standard InChI is InChI=1S/C23H30BrF3N2O3Si/c1-5-10-29-19-9-7-18(24)22(30)17(19)14-28(15-31-11-12-33(2,3)4)21-13-16(6-8-20(21)29)32-23(25,26)27/h6-9,13,18H,5,10-12,14-15H2,1-4H3. The van der Waals surface area contributed by atoms with Gasteiger partial charge in [0.1, 0.15) is 12.5 Å². The molecule has 10 heteroatoms. The van der Waals surface area contributed by atoms with Crippen molar-refractivity contribution in [1.82, 2.24) is 0 Å². The Bertz CT molecular complexity index is 944. The van der Waals surface area contributed by atoms with Crippen LogP contribution < -0.4 is 14.5 Å². The number of ketones is 1. The van der Waals surface area contributed by atoms with Gasteiger partial charge >= 0.3 is 6.36 Å². The number of allylic oxidation sites excluding steroid dienone is 2. The fourth-order valence-electron chi connectivity index (χ4n) is 3.79. The fraction of sp³-hybridized carbons (Fsp3) is 0.522. The first-order valence-electron chi connectivity index (χ1n) is 11.0. The van der Waals surface area contributed by atoms with Crippen molar-refractivity contribution < 1.29 is 27.4 Å². The lowest BCUT2D eigenvalue weighted by Crippen LogP contribution is -2.34. The van der Waals surface area contributed by atoms with Gasteiger partial charge in [-0.2, -0.15) is 0 Å². The zero-order chi connectivity index (χ0) is 24.4. The van der Waals surface area contributed by atoms with Gasteiger partial charge < -0.3 is 19.3 Å². The van der Waals surface area contributed by atoms with Gasteiger partial charge in [0, 0.05) is 38.6 Å². The summed E-state index contributed by atoms with van der Waals surface area (Å²) in [5.74, 6) is -0.356. The largest absolute Gasteiger partial charge is 0.573 e. The second-order valence-electron chi connectivity index (χ2n) is 9.38. The normalized spacial score (nSPS) is 18.9. The lowest BCUT2D eigenvalue weighted by molar-refractivity contribution is -0.274. The van der Waals surface area contributed by atoms with E-state index >= 15 is 0 Å². The Labute approximate surface area is 202 Å². The number of nitrogens with zero attached hydrogens (tertiary/aromatic N) is 2. The number of carbonyl (C=O) groups excluding carboxylic acids is 1. The highest BCUT2D eigenvalue weighted by Crippen LogP contribution is 2.41. The molecule has 5 nitrogen and oxygen atoms in total. The van der Waals surface area contributed by atoms with Gasteiger partial charge in [0.2, 0.25) is 0 Å². The number of carbonyl (C=O) groups is 1. The summed E-state index contributed by atoms with van der Waals surface area (Å²) in [6, 6.07) is 5.28. The van der Waals surface area contributed by atoms with Gasteiger partial charge in [0.25, 0.3) is 0 Å². The van der Waals surface area contributed by atoms with Gasteiger partial charge in [-0.1, -0.05) is 48.6 Å². The van der Waals surface area contributed by atoms with E-state index in [0.717, 1.165) is 23.8 Å². The average molecular weight is 547 g/mol. The van der Waals surface area contributed by atoms with Crippen LogP contribution in [0.1, 0.15) is 13.3 Å². The van der Waals surface area contributed by atoms with Crippen LogP contribution in [0.25, 0.3) is 0 Å². The van der Waals surface area contributed by atoms with Crippen molar-refractivity contribution in [2.75, 3.05) is 36.2 Å². The van der Waals surface area contributed by atoms with Crippen LogP contribution in [0.15, 0.2) is 41.6 Å². The van der Waals surface area contributed by atoms with Crippen molar-refractivity contribution >= 4 is 41.2 Å². The monoisotopic (exact) mass is 546 g/mol. The van der Waals surface area contributed by atoms with E-state index in [1.807, 2.05) is 22.8 Å². The molecule has 0 fully saturated rings. The van der Waals surface area contributed by atoms with E-state index in [-0.39, 0.29) is 24.8 Å². The topological polar surface area (TPSA) is 42.0 Å². The first-order chi connectivity index (χ1) is 15.4. The minimum atomic E-state index is -4.79. The Kier molecular flexibility index (Phi) is 8.01. The van der Waals surface area contributed by atoms with E-state index in [4.69, 9.17) is 4.74 Å². The molecule has 33 heavy (non-hydrogen) atoms. The maximum atomic E-state index is 13.1. The molecule has 1 atom stereocenters. The molecule has 1 aliphatic carbocycles. The molecule has 0 aromatic heterocycles. The highest BCUT2D eigenvalue weighted by atomic mass is 79.9. The van der Waals surface area contributed by atoms with E-state index in [1.54, 1.807) is 12.1 Å². The van der Waals surface area contributed by atoms with Crippen LogP contribution >= 0.6 is 15.9 Å². The van der Waals surface area contributed by atoms with E-state index < -0.39 is 19.3 Å². The quantitative estimate of drug-likeness (QED) is 0.224. The number of hydrogen-bond donors (Lipinski definition) is 0. The molecule has 0 N–H and O–H groups in total. The molecule has 1 aromatic carbocycles. The molecule has 3 rings (SSSR count). The van der Waals surface area contributed by atoms with Crippen LogP contribution in [0, 0.1) is 0 Å². The summed E-state index contributed by atoms with van der Waals surface area (Å²) in [4.78, 5) is 16.4. The Hall–Kier alpha value is -1.78. The fourth-order valence-corrected chi connectivity index (χ4v) is 4.97. The van der Waals surface area contributed by atoms with Crippen LogP contribution in [-0.4, -0.2) is 51.5 Å². The highest BCUT2D eigenvalue weighted by Gasteiger charge is 2.35. The van der Waals surface area contributed by atoms with Gasteiger partial charge in [-0.15, -0.1) is 13.2 Å². The molecule has 2 aliphatic rings. The number of halogens is 4.